The van der Waals surface area contributed by atoms with Gasteiger partial charge in [-0.1, -0.05) is 29.3 Å². The van der Waals surface area contributed by atoms with Gasteiger partial charge in [-0.05, 0) is 24.3 Å². The summed E-state index contributed by atoms with van der Waals surface area (Å²) in [5.41, 5.74) is 1.08. The number of halogens is 2. The van der Waals surface area contributed by atoms with Gasteiger partial charge in [0.1, 0.15) is 17.6 Å². The quantitative estimate of drug-likeness (QED) is 0.682. The largest absolute Gasteiger partial charge is 0.497 e. The molecule has 0 fully saturated rings. The summed E-state index contributed by atoms with van der Waals surface area (Å²) in [5, 5.41) is 1.26. The van der Waals surface area contributed by atoms with Crippen molar-refractivity contribution in [2.24, 2.45) is 0 Å². The van der Waals surface area contributed by atoms with Crippen LogP contribution in [0, 0.1) is 0 Å². The predicted molar refractivity (Wildman–Crippen MR) is 84.5 cm³/mol. The number of ether oxygens (including phenoxy) is 1. The smallest absolute Gasteiger partial charge is 0.200 e. The van der Waals surface area contributed by atoms with Crippen LogP contribution in [0.5, 0.6) is 5.75 Å². The van der Waals surface area contributed by atoms with Crippen LogP contribution in [0.1, 0.15) is 0 Å². The summed E-state index contributed by atoms with van der Waals surface area (Å²) in [5.74, 6) is 0.620. The second kappa shape index (κ2) is 5.43. The van der Waals surface area contributed by atoms with Crippen LogP contribution in [0.2, 0.25) is 10.0 Å². The first kappa shape index (κ1) is 14.0. The molecule has 0 aliphatic rings. The fourth-order valence-corrected chi connectivity index (χ4v) is 2.76. The predicted octanol–water partition coefficient (Wildman–Crippen LogP) is 4.78. The van der Waals surface area contributed by atoms with Gasteiger partial charge in [0, 0.05) is 11.6 Å². The molecule has 0 radical (unpaired) electrons. The van der Waals surface area contributed by atoms with Crippen LogP contribution in [0.15, 0.2) is 51.9 Å². The Bertz CT molecular complexity index is 864. The summed E-state index contributed by atoms with van der Waals surface area (Å²) in [6.45, 7) is 0. The molecule has 0 amide bonds. The molecule has 0 saturated carbocycles. The molecule has 106 valence electrons. The van der Waals surface area contributed by atoms with Crippen LogP contribution in [0.4, 0.5) is 0 Å². The summed E-state index contributed by atoms with van der Waals surface area (Å²) in [7, 11) is 1.55. The van der Waals surface area contributed by atoms with Crippen LogP contribution >= 0.6 is 23.2 Å². The first-order valence-corrected chi connectivity index (χ1v) is 6.91. The molecule has 0 unspecified atom stereocenters. The molecule has 5 heteroatoms. The number of hydrogen-bond donors (Lipinski definition) is 0. The highest BCUT2D eigenvalue weighted by Gasteiger charge is 2.15. The maximum Gasteiger partial charge on any atom is 0.200 e. The van der Waals surface area contributed by atoms with E-state index in [2.05, 4.69) is 0 Å². The van der Waals surface area contributed by atoms with Crippen molar-refractivity contribution < 1.29 is 9.15 Å². The second-order valence-corrected chi connectivity index (χ2v) is 5.25. The summed E-state index contributed by atoms with van der Waals surface area (Å²) in [6, 6.07) is 10.1. The fraction of sp³-hybridized carbons (Fsp3) is 0.0625. The van der Waals surface area contributed by atoms with Crippen molar-refractivity contribution in [3.63, 3.8) is 0 Å². The van der Waals surface area contributed by atoms with E-state index in [0.717, 1.165) is 0 Å². The van der Waals surface area contributed by atoms with Gasteiger partial charge in [-0.25, -0.2) is 0 Å². The Hall–Kier alpha value is -1.97. The van der Waals surface area contributed by atoms with E-state index in [1.165, 1.54) is 6.26 Å². The van der Waals surface area contributed by atoms with Crippen LogP contribution < -0.4 is 10.2 Å². The van der Waals surface area contributed by atoms with Crippen molar-refractivity contribution in [3.8, 4) is 16.9 Å². The molecular weight excluding hydrogens is 311 g/mol. The lowest BCUT2D eigenvalue weighted by Crippen LogP contribution is -2.05. The highest BCUT2D eigenvalue weighted by Crippen LogP contribution is 2.33. The average molecular weight is 321 g/mol. The SMILES string of the molecule is COc1ccc2c(=O)c(-c3c(Cl)cccc3Cl)coc2c1. The van der Waals surface area contributed by atoms with Gasteiger partial charge in [-0.15, -0.1) is 0 Å². The Balaban J connectivity index is 2.31. The van der Waals surface area contributed by atoms with Gasteiger partial charge in [0.2, 0.25) is 5.43 Å². The summed E-state index contributed by atoms with van der Waals surface area (Å²) >= 11 is 12.3. The summed E-state index contributed by atoms with van der Waals surface area (Å²) < 4.78 is 10.6. The molecule has 0 atom stereocenters. The van der Waals surface area contributed by atoms with Gasteiger partial charge in [-0.3, -0.25) is 4.79 Å². The van der Waals surface area contributed by atoms with Gasteiger partial charge in [0.15, 0.2) is 0 Å². The van der Waals surface area contributed by atoms with Crippen molar-refractivity contribution >= 4 is 34.2 Å². The Kier molecular flexibility index (Phi) is 3.62. The van der Waals surface area contributed by atoms with Gasteiger partial charge in [0.05, 0.1) is 28.1 Å². The lowest BCUT2D eigenvalue weighted by molar-refractivity contribution is 0.414. The lowest BCUT2D eigenvalue weighted by Gasteiger charge is -2.07. The molecule has 0 spiro atoms. The van der Waals surface area contributed by atoms with Crippen molar-refractivity contribution in [2.45, 2.75) is 0 Å². The Morgan fingerprint density at radius 2 is 1.81 bits per heavy atom. The minimum absolute atomic E-state index is 0.186. The first-order valence-electron chi connectivity index (χ1n) is 6.16. The normalized spacial score (nSPS) is 10.8. The number of fused-ring (bicyclic) bond motifs is 1. The third kappa shape index (κ3) is 2.39. The van der Waals surface area contributed by atoms with Gasteiger partial charge in [0.25, 0.3) is 0 Å². The minimum atomic E-state index is -0.186. The average Bonchev–Trinajstić information content (AvgIpc) is 2.49. The Labute approximate surface area is 130 Å². The topological polar surface area (TPSA) is 39.4 Å². The zero-order valence-corrected chi connectivity index (χ0v) is 12.5. The van der Waals surface area contributed by atoms with E-state index in [1.54, 1.807) is 43.5 Å². The molecule has 3 rings (SSSR count). The van der Waals surface area contributed by atoms with Crippen molar-refractivity contribution in [3.05, 3.63) is 62.9 Å². The third-order valence-corrected chi connectivity index (χ3v) is 3.84. The molecule has 1 heterocycles. The number of methoxy groups -OCH3 is 1. The molecule has 21 heavy (non-hydrogen) atoms. The molecule has 0 saturated heterocycles. The van der Waals surface area contributed by atoms with Crippen LogP contribution in [0.3, 0.4) is 0 Å². The van der Waals surface area contributed by atoms with Crippen molar-refractivity contribution in [2.75, 3.05) is 7.11 Å². The van der Waals surface area contributed by atoms with E-state index >= 15 is 0 Å². The Morgan fingerprint density at radius 3 is 2.48 bits per heavy atom. The van der Waals surface area contributed by atoms with Gasteiger partial charge < -0.3 is 9.15 Å². The summed E-state index contributed by atoms with van der Waals surface area (Å²) in [6.07, 6.45) is 1.37. The van der Waals surface area contributed by atoms with Crippen molar-refractivity contribution in [1.29, 1.82) is 0 Å². The molecule has 0 aliphatic heterocycles. The molecule has 3 aromatic rings. The Morgan fingerprint density at radius 1 is 1.10 bits per heavy atom. The summed E-state index contributed by atoms with van der Waals surface area (Å²) in [4.78, 5) is 12.6. The lowest BCUT2D eigenvalue weighted by atomic mass is 10.1. The van der Waals surface area contributed by atoms with E-state index in [1.807, 2.05) is 0 Å². The van der Waals surface area contributed by atoms with Gasteiger partial charge >= 0.3 is 0 Å². The molecule has 2 aromatic carbocycles. The molecule has 0 N–H and O–H groups in total. The van der Waals surface area contributed by atoms with E-state index < -0.39 is 0 Å². The van der Waals surface area contributed by atoms with Crippen molar-refractivity contribution in [1.82, 2.24) is 0 Å². The molecule has 1 aromatic heterocycles. The third-order valence-electron chi connectivity index (χ3n) is 3.21. The van der Waals surface area contributed by atoms with E-state index in [9.17, 15) is 4.79 Å². The standard InChI is InChI=1S/C16H10Cl2O3/c1-20-9-5-6-10-14(7-9)21-8-11(16(10)19)15-12(17)3-2-4-13(15)18/h2-8H,1H3. The van der Waals surface area contributed by atoms with Crippen LogP contribution in [-0.4, -0.2) is 7.11 Å². The van der Waals surface area contributed by atoms with E-state index in [-0.39, 0.29) is 5.43 Å². The van der Waals surface area contributed by atoms with Crippen LogP contribution in [0.25, 0.3) is 22.1 Å². The zero-order valence-electron chi connectivity index (χ0n) is 11.0. The highest BCUT2D eigenvalue weighted by atomic mass is 35.5. The highest BCUT2D eigenvalue weighted by molar-refractivity contribution is 6.39. The molecule has 0 aliphatic carbocycles. The first-order chi connectivity index (χ1) is 10.1. The maximum atomic E-state index is 12.6. The minimum Gasteiger partial charge on any atom is -0.497 e. The van der Waals surface area contributed by atoms with Gasteiger partial charge in [-0.2, -0.15) is 0 Å². The van der Waals surface area contributed by atoms with E-state index in [4.69, 9.17) is 32.4 Å². The second-order valence-electron chi connectivity index (χ2n) is 4.44. The zero-order chi connectivity index (χ0) is 15.0. The number of hydrogen-bond acceptors (Lipinski definition) is 3. The van der Waals surface area contributed by atoms with E-state index in [0.29, 0.717) is 37.9 Å². The fourth-order valence-electron chi connectivity index (χ4n) is 2.16. The maximum absolute atomic E-state index is 12.6. The van der Waals surface area contributed by atoms with Crippen LogP contribution in [-0.2, 0) is 0 Å². The molecule has 0 bridgehead atoms. The number of benzene rings is 2. The monoisotopic (exact) mass is 320 g/mol. The molecule has 3 nitrogen and oxygen atoms in total. The molecular formula is C16H10Cl2O3. The number of rotatable bonds is 2.